The molecule has 0 amide bonds. The van der Waals surface area contributed by atoms with Gasteiger partial charge in [0.15, 0.2) is 0 Å². The van der Waals surface area contributed by atoms with E-state index >= 15 is 0 Å². The normalized spacial score (nSPS) is 10.2. The average Bonchev–Trinajstić information content (AvgIpc) is 2.39. The minimum Gasteiger partial charge on any atom is -0.493 e. The van der Waals surface area contributed by atoms with E-state index in [0.29, 0.717) is 23.7 Å². The van der Waals surface area contributed by atoms with Crippen LogP contribution in [0.15, 0.2) is 42.5 Å². The van der Waals surface area contributed by atoms with Crippen LogP contribution in [-0.4, -0.2) is 12.6 Å². The number of ether oxygens (including phenoxy) is 2. The summed E-state index contributed by atoms with van der Waals surface area (Å²) in [5.41, 5.74) is 2.40. The van der Waals surface area contributed by atoms with Crippen LogP contribution in [0.1, 0.15) is 28.4 Å². The van der Waals surface area contributed by atoms with Crippen LogP contribution in [0, 0.1) is 13.8 Å². The molecule has 3 nitrogen and oxygen atoms in total. The standard InChI is InChI=1S/C17H18O3/c1-4-19-15-11-12(2)10-13(3)16(15)17(18)20-14-8-6-5-7-9-14/h5-11H,4H2,1-3H3. The topological polar surface area (TPSA) is 35.5 Å². The van der Waals surface area contributed by atoms with Gasteiger partial charge in [-0.15, -0.1) is 0 Å². The Labute approximate surface area is 119 Å². The number of hydrogen-bond acceptors (Lipinski definition) is 3. The lowest BCUT2D eigenvalue weighted by atomic mass is 10.0. The Morgan fingerprint density at radius 2 is 1.80 bits per heavy atom. The number of esters is 1. The molecule has 0 fully saturated rings. The fourth-order valence-electron chi connectivity index (χ4n) is 2.11. The van der Waals surface area contributed by atoms with Crippen LogP contribution in [-0.2, 0) is 0 Å². The molecule has 0 aromatic heterocycles. The molecular weight excluding hydrogens is 252 g/mol. The summed E-state index contributed by atoms with van der Waals surface area (Å²) in [4.78, 5) is 12.3. The van der Waals surface area contributed by atoms with Gasteiger partial charge in [0.2, 0.25) is 0 Å². The summed E-state index contributed by atoms with van der Waals surface area (Å²) in [6.07, 6.45) is 0. The van der Waals surface area contributed by atoms with Gasteiger partial charge in [0, 0.05) is 0 Å². The first-order valence-corrected chi connectivity index (χ1v) is 6.63. The molecule has 2 rings (SSSR count). The Morgan fingerprint density at radius 3 is 2.45 bits per heavy atom. The van der Waals surface area contributed by atoms with Gasteiger partial charge in [0.05, 0.1) is 6.61 Å². The summed E-state index contributed by atoms with van der Waals surface area (Å²) in [5.74, 6) is 0.711. The van der Waals surface area contributed by atoms with Gasteiger partial charge in [-0.3, -0.25) is 0 Å². The third kappa shape index (κ3) is 3.18. The van der Waals surface area contributed by atoms with Crippen LogP contribution < -0.4 is 9.47 Å². The fourth-order valence-corrected chi connectivity index (χ4v) is 2.11. The van der Waals surface area contributed by atoms with Crippen LogP contribution in [0.3, 0.4) is 0 Å². The molecule has 0 aliphatic carbocycles. The number of benzene rings is 2. The molecule has 0 radical (unpaired) electrons. The van der Waals surface area contributed by atoms with Gasteiger partial charge in [0.1, 0.15) is 17.1 Å². The van der Waals surface area contributed by atoms with Crippen molar-refractivity contribution >= 4 is 5.97 Å². The van der Waals surface area contributed by atoms with Gasteiger partial charge < -0.3 is 9.47 Å². The maximum atomic E-state index is 12.3. The maximum absolute atomic E-state index is 12.3. The van der Waals surface area contributed by atoms with Crippen molar-refractivity contribution in [2.24, 2.45) is 0 Å². The summed E-state index contributed by atoms with van der Waals surface area (Å²) in [6, 6.07) is 12.8. The van der Waals surface area contributed by atoms with E-state index in [1.807, 2.05) is 51.1 Å². The molecule has 0 aliphatic heterocycles. The molecule has 2 aromatic carbocycles. The zero-order chi connectivity index (χ0) is 14.5. The Kier molecular flexibility index (Phi) is 4.41. The minimum absolute atomic E-state index is 0.392. The fraction of sp³-hybridized carbons (Fsp3) is 0.235. The van der Waals surface area contributed by atoms with Gasteiger partial charge in [0.25, 0.3) is 0 Å². The van der Waals surface area contributed by atoms with Gasteiger partial charge in [-0.05, 0) is 50.1 Å². The van der Waals surface area contributed by atoms with Crippen molar-refractivity contribution in [3.8, 4) is 11.5 Å². The SMILES string of the molecule is CCOc1cc(C)cc(C)c1C(=O)Oc1ccccc1. The highest BCUT2D eigenvalue weighted by atomic mass is 16.5. The Bertz CT molecular complexity index is 603. The smallest absolute Gasteiger partial charge is 0.347 e. The number of aryl methyl sites for hydroxylation is 2. The molecule has 0 unspecified atom stereocenters. The van der Waals surface area contributed by atoms with Gasteiger partial charge in [-0.2, -0.15) is 0 Å². The average molecular weight is 270 g/mol. The molecule has 2 aromatic rings. The molecule has 20 heavy (non-hydrogen) atoms. The highest BCUT2D eigenvalue weighted by Gasteiger charge is 2.18. The lowest BCUT2D eigenvalue weighted by Crippen LogP contribution is -2.13. The Morgan fingerprint density at radius 1 is 1.10 bits per heavy atom. The first-order valence-electron chi connectivity index (χ1n) is 6.63. The van der Waals surface area contributed by atoms with Crippen LogP contribution >= 0.6 is 0 Å². The van der Waals surface area contributed by atoms with Crippen LogP contribution in [0.25, 0.3) is 0 Å². The van der Waals surface area contributed by atoms with Crippen molar-refractivity contribution in [3.05, 3.63) is 59.2 Å². The zero-order valence-corrected chi connectivity index (χ0v) is 12.0. The van der Waals surface area contributed by atoms with Crippen LogP contribution in [0.5, 0.6) is 11.5 Å². The first kappa shape index (κ1) is 14.1. The second kappa shape index (κ2) is 6.24. The summed E-state index contributed by atoms with van der Waals surface area (Å²) in [5, 5.41) is 0. The van der Waals surface area contributed by atoms with Gasteiger partial charge in [-0.25, -0.2) is 4.79 Å². The van der Waals surface area contributed by atoms with Crippen LogP contribution in [0.4, 0.5) is 0 Å². The minimum atomic E-state index is -0.392. The van der Waals surface area contributed by atoms with Crippen molar-refractivity contribution in [2.45, 2.75) is 20.8 Å². The molecule has 0 saturated carbocycles. The summed E-state index contributed by atoms with van der Waals surface area (Å²) in [6.45, 7) is 6.26. The third-order valence-electron chi connectivity index (χ3n) is 2.90. The van der Waals surface area contributed by atoms with E-state index in [9.17, 15) is 4.79 Å². The van der Waals surface area contributed by atoms with Gasteiger partial charge >= 0.3 is 5.97 Å². The lowest BCUT2D eigenvalue weighted by molar-refractivity contribution is 0.0729. The molecule has 0 aliphatic rings. The largest absolute Gasteiger partial charge is 0.493 e. The van der Waals surface area contributed by atoms with E-state index in [0.717, 1.165) is 11.1 Å². The Balaban J connectivity index is 2.33. The van der Waals surface area contributed by atoms with Crippen molar-refractivity contribution in [3.63, 3.8) is 0 Å². The highest BCUT2D eigenvalue weighted by molar-refractivity contribution is 5.95. The molecule has 0 atom stereocenters. The van der Waals surface area contributed by atoms with E-state index in [1.54, 1.807) is 12.1 Å². The molecule has 0 bridgehead atoms. The molecule has 3 heteroatoms. The number of hydrogen-bond donors (Lipinski definition) is 0. The predicted octanol–water partition coefficient (Wildman–Crippen LogP) is 3.92. The summed E-state index contributed by atoms with van der Waals surface area (Å²) < 4.78 is 10.9. The Hall–Kier alpha value is -2.29. The van der Waals surface area contributed by atoms with E-state index in [4.69, 9.17) is 9.47 Å². The monoisotopic (exact) mass is 270 g/mol. The zero-order valence-electron chi connectivity index (χ0n) is 12.0. The number of carbonyl (C=O) groups is 1. The maximum Gasteiger partial charge on any atom is 0.347 e. The second-order valence-electron chi connectivity index (χ2n) is 4.59. The quantitative estimate of drug-likeness (QED) is 0.624. The van der Waals surface area contributed by atoms with Crippen molar-refractivity contribution in [2.75, 3.05) is 6.61 Å². The van der Waals surface area contributed by atoms with E-state index in [1.165, 1.54) is 0 Å². The number of carbonyl (C=O) groups excluding carboxylic acids is 1. The van der Waals surface area contributed by atoms with Gasteiger partial charge in [-0.1, -0.05) is 24.3 Å². The molecule has 0 N–H and O–H groups in total. The number of para-hydroxylation sites is 1. The van der Waals surface area contributed by atoms with E-state index < -0.39 is 5.97 Å². The highest BCUT2D eigenvalue weighted by Crippen LogP contribution is 2.26. The van der Waals surface area contributed by atoms with Crippen molar-refractivity contribution < 1.29 is 14.3 Å². The molecule has 0 saturated heterocycles. The molecular formula is C17H18O3. The number of rotatable bonds is 4. The lowest BCUT2D eigenvalue weighted by Gasteiger charge is -2.13. The molecule has 104 valence electrons. The van der Waals surface area contributed by atoms with Crippen molar-refractivity contribution in [1.82, 2.24) is 0 Å². The predicted molar refractivity (Wildman–Crippen MR) is 78.5 cm³/mol. The van der Waals surface area contributed by atoms with Crippen molar-refractivity contribution in [1.29, 1.82) is 0 Å². The van der Waals surface area contributed by atoms with E-state index in [2.05, 4.69) is 0 Å². The third-order valence-corrected chi connectivity index (χ3v) is 2.90. The summed E-state index contributed by atoms with van der Waals surface area (Å²) >= 11 is 0. The molecule has 0 heterocycles. The molecule has 0 spiro atoms. The summed E-state index contributed by atoms with van der Waals surface area (Å²) in [7, 11) is 0. The second-order valence-corrected chi connectivity index (χ2v) is 4.59. The first-order chi connectivity index (χ1) is 9.61. The van der Waals surface area contributed by atoms with Crippen LogP contribution in [0.2, 0.25) is 0 Å². The van der Waals surface area contributed by atoms with E-state index in [-0.39, 0.29) is 0 Å².